The Labute approximate surface area is 73.1 Å². The lowest BCUT2D eigenvalue weighted by Crippen LogP contribution is -2.01. The normalized spacial score (nSPS) is 11.7. The first kappa shape index (κ1) is 8.94. The van der Waals surface area contributed by atoms with E-state index in [4.69, 9.17) is 5.73 Å². The SMILES string of the molecule is CCC(=Cc1ccncc1)CN. The Morgan fingerprint density at radius 2 is 2.17 bits per heavy atom. The summed E-state index contributed by atoms with van der Waals surface area (Å²) in [6, 6.07) is 3.96. The van der Waals surface area contributed by atoms with Gasteiger partial charge in [-0.05, 0) is 24.1 Å². The van der Waals surface area contributed by atoms with E-state index in [0.717, 1.165) is 6.42 Å². The van der Waals surface area contributed by atoms with Crippen molar-refractivity contribution in [1.82, 2.24) is 4.98 Å². The summed E-state index contributed by atoms with van der Waals surface area (Å²) in [5, 5.41) is 0. The Morgan fingerprint density at radius 3 is 2.67 bits per heavy atom. The van der Waals surface area contributed by atoms with Crippen molar-refractivity contribution in [1.29, 1.82) is 0 Å². The Hall–Kier alpha value is -1.15. The third-order valence-electron chi connectivity index (χ3n) is 1.79. The molecule has 1 rings (SSSR count). The van der Waals surface area contributed by atoms with Gasteiger partial charge in [0, 0.05) is 18.9 Å². The summed E-state index contributed by atoms with van der Waals surface area (Å²) in [6.07, 6.45) is 6.70. The number of nitrogens with two attached hydrogens (primary N) is 1. The summed E-state index contributed by atoms with van der Waals surface area (Å²) in [5.74, 6) is 0. The van der Waals surface area contributed by atoms with E-state index in [1.54, 1.807) is 12.4 Å². The van der Waals surface area contributed by atoms with Gasteiger partial charge in [-0.2, -0.15) is 0 Å². The topological polar surface area (TPSA) is 38.9 Å². The molecular weight excluding hydrogens is 148 g/mol. The summed E-state index contributed by atoms with van der Waals surface area (Å²) in [7, 11) is 0. The van der Waals surface area contributed by atoms with Crippen LogP contribution in [0.4, 0.5) is 0 Å². The molecule has 2 nitrogen and oxygen atoms in total. The summed E-state index contributed by atoms with van der Waals surface area (Å²) in [4.78, 5) is 3.94. The van der Waals surface area contributed by atoms with Crippen LogP contribution < -0.4 is 5.73 Å². The van der Waals surface area contributed by atoms with Crippen molar-refractivity contribution < 1.29 is 0 Å². The Kier molecular flexibility index (Phi) is 3.48. The van der Waals surface area contributed by atoms with Crippen molar-refractivity contribution in [3.8, 4) is 0 Å². The maximum Gasteiger partial charge on any atom is 0.0273 e. The van der Waals surface area contributed by atoms with E-state index >= 15 is 0 Å². The summed E-state index contributed by atoms with van der Waals surface area (Å²) in [5.41, 5.74) is 7.99. The first-order chi connectivity index (χ1) is 5.86. The fourth-order valence-corrected chi connectivity index (χ4v) is 1.00. The van der Waals surface area contributed by atoms with Gasteiger partial charge in [0.15, 0.2) is 0 Å². The molecule has 1 heterocycles. The molecule has 64 valence electrons. The average Bonchev–Trinajstić information content (AvgIpc) is 2.16. The Balaban J connectivity index is 2.79. The minimum Gasteiger partial charge on any atom is -0.327 e. The van der Waals surface area contributed by atoms with Gasteiger partial charge < -0.3 is 5.73 Å². The molecule has 0 aliphatic rings. The molecule has 0 spiro atoms. The number of pyridine rings is 1. The molecule has 0 saturated heterocycles. The molecule has 0 amide bonds. The standard InChI is InChI=1S/C10H14N2/c1-2-9(8-11)7-10-3-5-12-6-4-10/h3-7H,2,8,11H2,1H3. The molecule has 0 atom stereocenters. The zero-order valence-corrected chi connectivity index (χ0v) is 7.33. The summed E-state index contributed by atoms with van der Waals surface area (Å²) in [6.45, 7) is 2.75. The largest absolute Gasteiger partial charge is 0.327 e. The van der Waals surface area contributed by atoms with Gasteiger partial charge >= 0.3 is 0 Å². The lowest BCUT2D eigenvalue weighted by atomic mass is 10.1. The zero-order valence-electron chi connectivity index (χ0n) is 7.33. The van der Waals surface area contributed by atoms with Crippen LogP contribution in [0.3, 0.4) is 0 Å². The Morgan fingerprint density at radius 1 is 1.50 bits per heavy atom. The quantitative estimate of drug-likeness (QED) is 0.736. The van der Waals surface area contributed by atoms with Crippen LogP contribution in [-0.4, -0.2) is 11.5 Å². The maximum absolute atomic E-state index is 5.55. The predicted octanol–water partition coefficient (Wildman–Crippen LogP) is 1.83. The number of hydrogen-bond donors (Lipinski definition) is 1. The lowest BCUT2D eigenvalue weighted by molar-refractivity contribution is 1.02. The fourth-order valence-electron chi connectivity index (χ4n) is 1.00. The number of nitrogens with zero attached hydrogens (tertiary/aromatic N) is 1. The van der Waals surface area contributed by atoms with E-state index in [-0.39, 0.29) is 0 Å². The van der Waals surface area contributed by atoms with Gasteiger partial charge in [-0.1, -0.05) is 18.6 Å². The first-order valence-corrected chi connectivity index (χ1v) is 4.16. The van der Waals surface area contributed by atoms with Gasteiger partial charge in [-0.25, -0.2) is 0 Å². The zero-order chi connectivity index (χ0) is 8.81. The van der Waals surface area contributed by atoms with E-state index in [2.05, 4.69) is 18.0 Å². The van der Waals surface area contributed by atoms with Gasteiger partial charge in [0.05, 0.1) is 0 Å². The van der Waals surface area contributed by atoms with Crippen LogP contribution in [0.1, 0.15) is 18.9 Å². The number of hydrogen-bond acceptors (Lipinski definition) is 2. The van der Waals surface area contributed by atoms with Crippen LogP contribution in [0, 0.1) is 0 Å². The van der Waals surface area contributed by atoms with Crippen molar-refractivity contribution in [2.45, 2.75) is 13.3 Å². The van der Waals surface area contributed by atoms with Crippen LogP contribution in [0.15, 0.2) is 30.1 Å². The predicted molar refractivity (Wildman–Crippen MR) is 51.6 cm³/mol. The van der Waals surface area contributed by atoms with Crippen LogP contribution >= 0.6 is 0 Å². The van der Waals surface area contributed by atoms with E-state index in [9.17, 15) is 0 Å². The fraction of sp³-hybridized carbons (Fsp3) is 0.300. The molecule has 12 heavy (non-hydrogen) atoms. The molecule has 0 saturated carbocycles. The second-order valence-corrected chi connectivity index (χ2v) is 2.64. The molecule has 1 aromatic heterocycles. The van der Waals surface area contributed by atoms with E-state index in [0.29, 0.717) is 6.54 Å². The van der Waals surface area contributed by atoms with Gasteiger partial charge in [-0.3, -0.25) is 4.98 Å². The van der Waals surface area contributed by atoms with Crippen LogP contribution in [0.25, 0.3) is 6.08 Å². The third kappa shape index (κ3) is 2.47. The highest BCUT2D eigenvalue weighted by Crippen LogP contribution is 2.06. The lowest BCUT2D eigenvalue weighted by Gasteiger charge is -1.99. The molecule has 0 aliphatic heterocycles. The minimum absolute atomic E-state index is 0.638. The molecule has 1 aromatic rings. The van der Waals surface area contributed by atoms with Crippen molar-refractivity contribution in [3.63, 3.8) is 0 Å². The molecular formula is C10H14N2. The van der Waals surface area contributed by atoms with Gasteiger partial charge in [0.25, 0.3) is 0 Å². The second-order valence-electron chi connectivity index (χ2n) is 2.64. The smallest absolute Gasteiger partial charge is 0.0273 e. The summed E-state index contributed by atoms with van der Waals surface area (Å²) >= 11 is 0. The summed E-state index contributed by atoms with van der Waals surface area (Å²) < 4.78 is 0. The molecule has 0 aromatic carbocycles. The van der Waals surface area contributed by atoms with Crippen molar-refractivity contribution in [3.05, 3.63) is 35.7 Å². The number of aromatic nitrogens is 1. The molecule has 0 unspecified atom stereocenters. The van der Waals surface area contributed by atoms with Crippen molar-refractivity contribution in [2.75, 3.05) is 6.54 Å². The highest BCUT2D eigenvalue weighted by atomic mass is 14.6. The highest BCUT2D eigenvalue weighted by molar-refractivity contribution is 5.52. The molecule has 0 bridgehead atoms. The van der Waals surface area contributed by atoms with E-state index in [1.165, 1.54) is 11.1 Å². The van der Waals surface area contributed by atoms with Crippen molar-refractivity contribution >= 4 is 6.08 Å². The van der Waals surface area contributed by atoms with Crippen molar-refractivity contribution in [2.24, 2.45) is 5.73 Å². The first-order valence-electron chi connectivity index (χ1n) is 4.16. The number of rotatable bonds is 3. The van der Waals surface area contributed by atoms with E-state index < -0.39 is 0 Å². The van der Waals surface area contributed by atoms with Gasteiger partial charge in [0.2, 0.25) is 0 Å². The minimum atomic E-state index is 0.638. The average molecular weight is 162 g/mol. The third-order valence-corrected chi connectivity index (χ3v) is 1.79. The maximum atomic E-state index is 5.55. The highest BCUT2D eigenvalue weighted by Gasteiger charge is 1.90. The molecule has 0 radical (unpaired) electrons. The Bertz CT molecular complexity index is 246. The molecule has 0 fully saturated rings. The molecule has 2 heteroatoms. The molecule has 0 aliphatic carbocycles. The van der Waals surface area contributed by atoms with Gasteiger partial charge in [0.1, 0.15) is 0 Å². The van der Waals surface area contributed by atoms with Crippen LogP contribution in [0.5, 0.6) is 0 Å². The molecule has 2 N–H and O–H groups in total. The second kappa shape index (κ2) is 4.67. The van der Waals surface area contributed by atoms with Gasteiger partial charge in [-0.15, -0.1) is 0 Å². The monoisotopic (exact) mass is 162 g/mol. The van der Waals surface area contributed by atoms with Crippen LogP contribution in [-0.2, 0) is 0 Å². The van der Waals surface area contributed by atoms with E-state index in [1.807, 2.05) is 12.1 Å². The van der Waals surface area contributed by atoms with Crippen LogP contribution in [0.2, 0.25) is 0 Å².